The Morgan fingerprint density at radius 3 is 1.96 bits per heavy atom. The molecule has 2 aromatic carbocycles. The number of ketones is 1. The van der Waals surface area contributed by atoms with Gasteiger partial charge in [0, 0.05) is 23.6 Å². The first-order valence-corrected chi connectivity index (χ1v) is 7.97. The number of benzene rings is 2. The SMILES string of the molecule is CCC(CC(=O)c1ccc(C)cc1)C(=O)Nc1ccc(C)cc1. The first kappa shape index (κ1) is 16.9. The summed E-state index contributed by atoms with van der Waals surface area (Å²) in [6, 6.07) is 15.1. The van der Waals surface area contributed by atoms with Crippen LogP contribution in [0.3, 0.4) is 0 Å². The minimum atomic E-state index is -0.315. The summed E-state index contributed by atoms with van der Waals surface area (Å²) in [6.07, 6.45) is 0.868. The molecule has 0 spiro atoms. The number of Topliss-reactive ketones (excluding diaryl/α,β-unsaturated/α-hetero) is 1. The second kappa shape index (κ2) is 7.73. The van der Waals surface area contributed by atoms with Gasteiger partial charge in [-0.1, -0.05) is 54.4 Å². The Bertz CT molecular complexity index is 672. The fourth-order valence-electron chi connectivity index (χ4n) is 2.38. The van der Waals surface area contributed by atoms with Gasteiger partial charge in [0.15, 0.2) is 5.78 Å². The van der Waals surface area contributed by atoms with Gasteiger partial charge in [-0.25, -0.2) is 0 Å². The molecule has 0 aliphatic carbocycles. The van der Waals surface area contributed by atoms with Gasteiger partial charge in [-0.2, -0.15) is 0 Å². The van der Waals surface area contributed by atoms with E-state index in [0.29, 0.717) is 12.0 Å². The van der Waals surface area contributed by atoms with Crippen LogP contribution < -0.4 is 5.32 Å². The van der Waals surface area contributed by atoms with Crippen LogP contribution in [0.4, 0.5) is 5.69 Å². The molecule has 0 aliphatic heterocycles. The van der Waals surface area contributed by atoms with Gasteiger partial charge in [-0.05, 0) is 32.4 Å². The molecule has 3 nitrogen and oxygen atoms in total. The van der Waals surface area contributed by atoms with Crippen molar-refractivity contribution in [1.29, 1.82) is 0 Å². The molecule has 1 unspecified atom stereocenters. The first-order valence-electron chi connectivity index (χ1n) is 7.97. The molecule has 23 heavy (non-hydrogen) atoms. The molecule has 3 heteroatoms. The van der Waals surface area contributed by atoms with Crippen molar-refractivity contribution in [3.63, 3.8) is 0 Å². The molecule has 2 aromatic rings. The minimum Gasteiger partial charge on any atom is -0.326 e. The van der Waals surface area contributed by atoms with Crippen LogP contribution in [0, 0.1) is 19.8 Å². The number of amides is 1. The van der Waals surface area contributed by atoms with Crippen LogP contribution in [0.5, 0.6) is 0 Å². The molecule has 2 rings (SSSR count). The molecular formula is C20H23NO2. The molecule has 0 saturated heterocycles. The van der Waals surface area contributed by atoms with E-state index in [1.165, 1.54) is 0 Å². The van der Waals surface area contributed by atoms with Crippen molar-refractivity contribution >= 4 is 17.4 Å². The van der Waals surface area contributed by atoms with Gasteiger partial charge in [0.25, 0.3) is 0 Å². The highest BCUT2D eigenvalue weighted by molar-refractivity contribution is 6.01. The van der Waals surface area contributed by atoms with Crippen molar-refractivity contribution in [3.8, 4) is 0 Å². The van der Waals surface area contributed by atoms with Gasteiger partial charge in [-0.3, -0.25) is 9.59 Å². The van der Waals surface area contributed by atoms with E-state index in [9.17, 15) is 9.59 Å². The maximum atomic E-state index is 12.4. The summed E-state index contributed by atoms with van der Waals surface area (Å²) in [6.45, 7) is 5.92. The topological polar surface area (TPSA) is 46.2 Å². The highest BCUT2D eigenvalue weighted by atomic mass is 16.2. The van der Waals surface area contributed by atoms with Gasteiger partial charge in [0.05, 0.1) is 0 Å². The maximum Gasteiger partial charge on any atom is 0.227 e. The zero-order valence-electron chi connectivity index (χ0n) is 13.9. The number of hydrogen-bond acceptors (Lipinski definition) is 2. The highest BCUT2D eigenvalue weighted by Crippen LogP contribution is 2.17. The van der Waals surface area contributed by atoms with E-state index in [-0.39, 0.29) is 24.0 Å². The van der Waals surface area contributed by atoms with Crippen molar-refractivity contribution in [3.05, 3.63) is 65.2 Å². The number of nitrogens with one attached hydrogen (secondary N) is 1. The van der Waals surface area contributed by atoms with E-state index in [1.807, 2.05) is 69.3 Å². The zero-order valence-corrected chi connectivity index (χ0v) is 13.9. The number of rotatable bonds is 6. The quantitative estimate of drug-likeness (QED) is 0.796. The van der Waals surface area contributed by atoms with Crippen molar-refractivity contribution < 1.29 is 9.59 Å². The third-order valence-electron chi connectivity index (χ3n) is 3.99. The average molecular weight is 309 g/mol. The van der Waals surface area contributed by atoms with Gasteiger partial charge in [0.2, 0.25) is 5.91 Å². The van der Waals surface area contributed by atoms with E-state index in [0.717, 1.165) is 16.8 Å². The summed E-state index contributed by atoms with van der Waals surface area (Å²) in [5.74, 6) is -0.405. The summed E-state index contributed by atoms with van der Waals surface area (Å²) in [5, 5.41) is 2.89. The Labute approximate surface area is 137 Å². The van der Waals surface area contributed by atoms with Crippen molar-refractivity contribution in [2.75, 3.05) is 5.32 Å². The highest BCUT2D eigenvalue weighted by Gasteiger charge is 2.21. The molecule has 0 bridgehead atoms. The third-order valence-corrected chi connectivity index (χ3v) is 3.99. The largest absolute Gasteiger partial charge is 0.326 e. The van der Waals surface area contributed by atoms with Crippen LogP contribution in [0.2, 0.25) is 0 Å². The van der Waals surface area contributed by atoms with E-state index in [4.69, 9.17) is 0 Å². The fourth-order valence-corrected chi connectivity index (χ4v) is 2.38. The van der Waals surface area contributed by atoms with Crippen molar-refractivity contribution in [2.45, 2.75) is 33.6 Å². The molecule has 0 radical (unpaired) electrons. The maximum absolute atomic E-state index is 12.4. The van der Waals surface area contributed by atoms with Gasteiger partial charge in [0.1, 0.15) is 0 Å². The lowest BCUT2D eigenvalue weighted by Gasteiger charge is -2.14. The van der Waals surface area contributed by atoms with Crippen molar-refractivity contribution in [1.82, 2.24) is 0 Å². The van der Waals surface area contributed by atoms with Crippen LogP contribution in [-0.4, -0.2) is 11.7 Å². The number of anilines is 1. The van der Waals surface area contributed by atoms with Gasteiger partial charge < -0.3 is 5.32 Å². The lowest BCUT2D eigenvalue weighted by molar-refractivity contribution is -0.119. The predicted octanol–water partition coefficient (Wildman–Crippen LogP) is 4.54. The molecule has 0 fully saturated rings. The van der Waals surface area contributed by atoms with Crippen LogP contribution in [0.1, 0.15) is 41.3 Å². The lowest BCUT2D eigenvalue weighted by Crippen LogP contribution is -2.24. The fraction of sp³-hybridized carbons (Fsp3) is 0.300. The Hall–Kier alpha value is -2.42. The first-order chi connectivity index (χ1) is 11.0. The number of hydrogen-bond donors (Lipinski definition) is 1. The predicted molar refractivity (Wildman–Crippen MR) is 93.7 cm³/mol. The standard InChI is InChI=1S/C20H23NO2/c1-4-16(13-19(22)17-9-5-14(2)6-10-17)20(23)21-18-11-7-15(3)8-12-18/h5-12,16H,4,13H2,1-3H3,(H,21,23). The Kier molecular flexibility index (Phi) is 5.69. The van der Waals surface area contributed by atoms with Crippen LogP contribution in [0.15, 0.2) is 48.5 Å². The number of aryl methyl sites for hydroxylation is 2. The normalized spacial score (nSPS) is 11.8. The third kappa shape index (κ3) is 4.78. The van der Waals surface area contributed by atoms with Crippen LogP contribution in [0.25, 0.3) is 0 Å². The molecular weight excluding hydrogens is 286 g/mol. The lowest BCUT2D eigenvalue weighted by atomic mass is 9.95. The molecule has 1 atom stereocenters. The smallest absolute Gasteiger partial charge is 0.227 e. The Morgan fingerprint density at radius 1 is 0.913 bits per heavy atom. The molecule has 0 heterocycles. The molecule has 120 valence electrons. The average Bonchev–Trinajstić information content (AvgIpc) is 2.55. The molecule has 0 aliphatic rings. The van der Waals surface area contributed by atoms with Gasteiger partial charge >= 0.3 is 0 Å². The molecule has 0 saturated carbocycles. The second-order valence-electron chi connectivity index (χ2n) is 5.95. The van der Waals surface area contributed by atoms with Gasteiger partial charge in [-0.15, -0.1) is 0 Å². The second-order valence-corrected chi connectivity index (χ2v) is 5.95. The summed E-state index contributed by atoms with van der Waals surface area (Å²) in [5.41, 5.74) is 3.69. The number of carbonyl (C=O) groups is 2. The number of carbonyl (C=O) groups excluding carboxylic acids is 2. The molecule has 0 aromatic heterocycles. The van der Waals surface area contributed by atoms with Crippen LogP contribution >= 0.6 is 0 Å². The zero-order chi connectivity index (χ0) is 16.8. The molecule has 1 amide bonds. The Morgan fingerprint density at radius 2 is 1.43 bits per heavy atom. The summed E-state index contributed by atoms with van der Waals surface area (Å²) in [4.78, 5) is 24.7. The molecule has 1 N–H and O–H groups in total. The monoisotopic (exact) mass is 309 g/mol. The van der Waals surface area contributed by atoms with E-state index in [2.05, 4.69) is 5.32 Å². The van der Waals surface area contributed by atoms with Crippen LogP contribution in [-0.2, 0) is 4.79 Å². The van der Waals surface area contributed by atoms with Crippen molar-refractivity contribution in [2.24, 2.45) is 5.92 Å². The summed E-state index contributed by atoms with van der Waals surface area (Å²) in [7, 11) is 0. The van der Waals surface area contributed by atoms with E-state index >= 15 is 0 Å². The summed E-state index contributed by atoms with van der Waals surface area (Å²) >= 11 is 0. The summed E-state index contributed by atoms with van der Waals surface area (Å²) < 4.78 is 0. The van der Waals surface area contributed by atoms with E-state index < -0.39 is 0 Å². The minimum absolute atomic E-state index is 0.0101. The Balaban J connectivity index is 2.00. The van der Waals surface area contributed by atoms with E-state index in [1.54, 1.807) is 0 Å².